The summed E-state index contributed by atoms with van der Waals surface area (Å²) in [5, 5.41) is 2.83. The lowest BCUT2D eigenvalue weighted by Gasteiger charge is -2.19. The Kier molecular flexibility index (Phi) is 4.37. The van der Waals surface area contributed by atoms with Crippen LogP contribution in [0.15, 0.2) is 48.8 Å². The van der Waals surface area contributed by atoms with Crippen molar-refractivity contribution < 1.29 is 9.59 Å². The number of hydrogen-bond donors (Lipinski definition) is 1. The highest BCUT2D eigenvalue weighted by Crippen LogP contribution is 2.34. The van der Waals surface area contributed by atoms with Crippen molar-refractivity contribution in [2.45, 2.75) is 18.8 Å². The average molecular weight is 309 g/mol. The van der Waals surface area contributed by atoms with Crippen molar-refractivity contribution in [3.63, 3.8) is 0 Å². The molecule has 0 aliphatic carbocycles. The van der Waals surface area contributed by atoms with E-state index >= 15 is 0 Å². The summed E-state index contributed by atoms with van der Waals surface area (Å²) in [7, 11) is 1.78. The second-order valence-electron chi connectivity index (χ2n) is 5.75. The maximum atomic E-state index is 12.4. The van der Waals surface area contributed by atoms with Crippen LogP contribution in [0.3, 0.4) is 0 Å². The van der Waals surface area contributed by atoms with Crippen molar-refractivity contribution >= 4 is 17.5 Å². The molecule has 0 saturated heterocycles. The molecule has 2 amide bonds. The fourth-order valence-corrected chi connectivity index (χ4v) is 2.78. The maximum Gasteiger partial charge on any atom is 0.232 e. The van der Waals surface area contributed by atoms with Crippen LogP contribution in [-0.4, -0.2) is 35.3 Å². The summed E-state index contributed by atoms with van der Waals surface area (Å²) in [5.41, 5.74) is 2.87. The van der Waals surface area contributed by atoms with E-state index in [0.29, 0.717) is 6.54 Å². The Morgan fingerprint density at radius 1 is 1.22 bits per heavy atom. The highest BCUT2D eigenvalue weighted by Gasteiger charge is 2.32. The number of anilines is 1. The predicted molar refractivity (Wildman–Crippen MR) is 88.0 cm³/mol. The molecule has 5 nitrogen and oxygen atoms in total. The monoisotopic (exact) mass is 309 g/mol. The predicted octanol–water partition coefficient (Wildman–Crippen LogP) is 2.21. The molecule has 0 saturated carbocycles. The molecule has 0 bridgehead atoms. The van der Waals surface area contributed by atoms with Gasteiger partial charge in [0.2, 0.25) is 11.8 Å². The number of carbonyl (C=O) groups is 2. The third kappa shape index (κ3) is 3.39. The number of nitrogens with zero attached hydrogens (tertiary/aromatic N) is 2. The standard InChI is InChI=1S/C18H19N3O2/c1-21(11-8-13-6-9-19-10-7-13)17(22)12-15-14-4-2-3-5-16(14)20-18(15)23/h2-7,9-10,15H,8,11-12H2,1H3,(H,20,23). The summed E-state index contributed by atoms with van der Waals surface area (Å²) < 4.78 is 0. The zero-order valence-electron chi connectivity index (χ0n) is 13.0. The van der Waals surface area contributed by atoms with E-state index < -0.39 is 0 Å². The zero-order chi connectivity index (χ0) is 16.2. The van der Waals surface area contributed by atoms with Gasteiger partial charge in [-0.3, -0.25) is 14.6 Å². The Morgan fingerprint density at radius 3 is 2.74 bits per heavy atom. The second kappa shape index (κ2) is 6.60. The Hall–Kier alpha value is -2.69. The number of likely N-dealkylation sites (N-methyl/N-ethyl adjacent to an activating group) is 1. The average Bonchev–Trinajstić information content (AvgIpc) is 2.89. The number of para-hydroxylation sites is 1. The van der Waals surface area contributed by atoms with E-state index in [9.17, 15) is 9.59 Å². The van der Waals surface area contributed by atoms with Gasteiger partial charge in [-0.25, -0.2) is 0 Å². The highest BCUT2D eigenvalue weighted by atomic mass is 16.2. The van der Waals surface area contributed by atoms with Gasteiger partial charge in [-0.1, -0.05) is 18.2 Å². The summed E-state index contributed by atoms with van der Waals surface area (Å²) in [6.45, 7) is 0.624. The van der Waals surface area contributed by atoms with Gasteiger partial charge in [-0.2, -0.15) is 0 Å². The number of benzene rings is 1. The van der Waals surface area contributed by atoms with Gasteiger partial charge in [0.1, 0.15) is 0 Å². The highest BCUT2D eigenvalue weighted by molar-refractivity contribution is 6.04. The molecule has 5 heteroatoms. The topological polar surface area (TPSA) is 62.3 Å². The molecule has 1 N–H and O–H groups in total. The minimum atomic E-state index is -0.387. The van der Waals surface area contributed by atoms with Gasteiger partial charge in [-0.05, 0) is 35.7 Å². The molecule has 0 radical (unpaired) electrons. The normalized spacial score (nSPS) is 15.9. The van der Waals surface area contributed by atoms with Crippen LogP contribution in [0.1, 0.15) is 23.5 Å². The zero-order valence-corrected chi connectivity index (χ0v) is 13.0. The molecule has 0 fully saturated rings. The molecule has 118 valence electrons. The molecule has 3 rings (SSSR count). The Labute approximate surface area is 135 Å². The van der Waals surface area contributed by atoms with Crippen LogP contribution in [0.25, 0.3) is 0 Å². The lowest BCUT2D eigenvalue weighted by Crippen LogP contribution is -2.31. The van der Waals surface area contributed by atoms with Crippen molar-refractivity contribution in [2.75, 3.05) is 18.9 Å². The van der Waals surface area contributed by atoms with E-state index in [1.54, 1.807) is 24.3 Å². The molecule has 1 aromatic heterocycles. The number of carbonyl (C=O) groups excluding carboxylic acids is 2. The molecular weight excluding hydrogens is 290 g/mol. The van der Waals surface area contributed by atoms with Crippen LogP contribution < -0.4 is 5.32 Å². The molecule has 2 heterocycles. The van der Waals surface area contributed by atoms with Gasteiger partial charge < -0.3 is 10.2 Å². The summed E-state index contributed by atoms with van der Waals surface area (Å²) >= 11 is 0. The molecule has 1 aliphatic rings. The number of rotatable bonds is 5. The molecule has 1 atom stereocenters. The molecular formula is C18H19N3O2. The number of nitrogens with one attached hydrogen (secondary N) is 1. The van der Waals surface area contributed by atoms with E-state index in [2.05, 4.69) is 10.3 Å². The first kappa shape index (κ1) is 15.2. The van der Waals surface area contributed by atoms with E-state index in [4.69, 9.17) is 0 Å². The minimum Gasteiger partial charge on any atom is -0.345 e. The molecule has 2 aromatic rings. The quantitative estimate of drug-likeness (QED) is 0.921. The third-order valence-electron chi connectivity index (χ3n) is 4.20. The first-order chi connectivity index (χ1) is 11.1. The first-order valence-electron chi connectivity index (χ1n) is 7.68. The van der Waals surface area contributed by atoms with Gasteiger partial charge >= 0.3 is 0 Å². The summed E-state index contributed by atoms with van der Waals surface area (Å²) in [5.74, 6) is -0.500. The van der Waals surface area contributed by atoms with E-state index in [1.165, 1.54) is 0 Å². The second-order valence-corrected chi connectivity index (χ2v) is 5.75. The minimum absolute atomic E-state index is 0.0177. The van der Waals surface area contributed by atoms with Gasteiger partial charge in [0.05, 0.1) is 5.92 Å². The van der Waals surface area contributed by atoms with Gasteiger partial charge in [-0.15, -0.1) is 0 Å². The Morgan fingerprint density at radius 2 is 1.96 bits per heavy atom. The van der Waals surface area contributed by atoms with E-state index in [0.717, 1.165) is 23.2 Å². The SMILES string of the molecule is CN(CCc1ccncc1)C(=O)CC1C(=O)Nc2ccccc21. The lowest BCUT2D eigenvalue weighted by atomic mass is 9.96. The van der Waals surface area contributed by atoms with Gasteiger partial charge in [0, 0.05) is 38.1 Å². The Bertz CT molecular complexity index is 715. The largest absolute Gasteiger partial charge is 0.345 e. The van der Waals surface area contributed by atoms with E-state index in [-0.39, 0.29) is 24.2 Å². The first-order valence-corrected chi connectivity index (χ1v) is 7.68. The molecule has 1 aliphatic heterocycles. The Balaban J connectivity index is 1.59. The van der Waals surface area contributed by atoms with Crippen molar-refractivity contribution in [1.29, 1.82) is 0 Å². The fourth-order valence-electron chi connectivity index (χ4n) is 2.78. The van der Waals surface area contributed by atoms with Crippen LogP contribution in [0, 0.1) is 0 Å². The van der Waals surface area contributed by atoms with Crippen LogP contribution in [-0.2, 0) is 16.0 Å². The summed E-state index contributed by atoms with van der Waals surface area (Å²) in [6.07, 6.45) is 4.47. The van der Waals surface area contributed by atoms with E-state index in [1.807, 2.05) is 36.4 Å². The van der Waals surface area contributed by atoms with Gasteiger partial charge in [0.25, 0.3) is 0 Å². The fraction of sp³-hybridized carbons (Fsp3) is 0.278. The van der Waals surface area contributed by atoms with Crippen LogP contribution in [0.4, 0.5) is 5.69 Å². The van der Waals surface area contributed by atoms with Gasteiger partial charge in [0.15, 0.2) is 0 Å². The van der Waals surface area contributed by atoms with Crippen molar-refractivity contribution in [2.24, 2.45) is 0 Å². The molecule has 1 aromatic carbocycles. The van der Waals surface area contributed by atoms with Crippen LogP contribution in [0.2, 0.25) is 0 Å². The van der Waals surface area contributed by atoms with Crippen molar-refractivity contribution in [3.05, 3.63) is 59.9 Å². The smallest absolute Gasteiger partial charge is 0.232 e. The third-order valence-corrected chi connectivity index (χ3v) is 4.20. The maximum absolute atomic E-state index is 12.4. The number of aromatic nitrogens is 1. The lowest BCUT2D eigenvalue weighted by molar-refractivity contribution is -0.132. The summed E-state index contributed by atoms with van der Waals surface area (Å²) in [6, 6.07) is 11.4. The molecule has 1 unspecified atom stereocenters. The molecule has 23 heavy (non-hydrogen) atoms. The molecule has 0 spiro atoms. The van der Waals surface area contributed by atoms with Crippen molar-refractivity contribution in [3.8, 4) is 0 Å². The van der Waals surface area contributed by atoms with Crippen LogP contribution in [0.5, 0.6) is 0 Å². The number of pyridine rings is 1. The van der Waals surface area contributed by atoms with Crippen molar-refractivity contribution in [1.82, 2.24) is 9.88 Å². The number of fused-ring (bicyclic) bond motifs is 1. The number of hydrogen-bond acceptors (Lipinski definition) is 3. The summed E-state index contributed by atoms with van der Waals surface area (Å²) in [4.78, 5) is 30.2. The number of amides is 2. The van der Waals surface area contributed by atoms with Crippen LogP contribution >= 0.6 is 0 Å².